The van der Waals surface area contributed by atoms with Crippen molar-refractivity contribution in [2.75, 3.05) is 17.3 Å². The molecule has 1 aliphatic rings. The first-order valence-electron chi connectivity index (χ1n) is 8.55. The van der Waals surface area contributed by atoms with Crippen molar-refractivity contribution in [1.29, 1.82) is 0 Å². The number of nitrogens with one attached hydrogen (secondary N) is 1. The molecule has 1 unspecified atom stereocenters. The molecule has 0 aliphatic carbocycles. The molecular formula is C19H20N4O4. The number of anilines is 2. The molecule has 1 aliphatic heterocycles. The van der Waals surface area contributed by atoms with E-state index in [1.165, 1.54) is 36.7 Å². The summed E-state index contributed by atoms with van der Waals surface area (Å²) in [6.45, 7) is 3.89. The Kier molecular flexibility index (Phi) is 5.16. The molecule has 0 saturated carbocycles. The number of ether oxygens (including phenoxy) is 1. The Bertz CT molecular complexity index is 883. The van der Waals surface area contributed by atoms with Gasteiger partial charge in [0, 0.05) is 12.4 Å². The summed E-state index contributed by atoms with van der Waals surface area (Å²) in [5.74, 6) is -0.921. The van der Waals surface area contributed by atoms with E-state index < -0.39 is 23.6 Å². The Morgan fingerprint density at radius 1 is 1.26 bits per heavy atom. The van der Waals surface area contributed by atoms with E-state index in [9.17, 15) is 14.4 Å². The van der Waals surface area contributed by atoms with Crippen molar-refractivity contribution < 1.29 is 19.1 Å². The average Bonchev–Trinajstić information content (AvgIpc) is 2.90. The zero-order chi connectivity index (χ0) is 19.6. The lowest BCUT2D eigenvalue weighted by Gasteiger charge is -2.28. The van der Waals surface area contributed by atoms with Crippen molar-refractivity contribution in [2.24, 2.45) is 5.92 Å². The van der Waals surface area contributed by atoms with Crippen molar-refractivity contribution >= 4 is 29.1 Å². The van der Waals surface area contributed by atoms with Gasteiger partial charge in [-0.1, -0.05) is 13.8 Å². The van der Waals surface area contributed by atoms with Crippen molar-refractivity contribution in [2.45, 2.75) is 26.3 Å². The van der Waals surface area contributed by atoms with Crippen LogP contribution in [0.3, 0.4) is 0 Å². The normalized spacial score (nSPS) is 14.3. The Hall–Kier alpha value is -3.29. The Balaban J connectivity index is 1.97. The summed E-state index contributed by atoms with van der Waals surface area (Å²) in [6, 6.07) is 3.95. The van der Waals surface area contributed by atoms with E-state index in [0.717, 1.165) is 0 Å². The third-order valence-electron chi connectivity index (χ3n) is 4.24. The number of Topliss-reactive ketones (excluding diaryl/α,β-unsaturated/α-hetero) is 1. The molecule has 0 saturated heterocycles. The minimum Gasteiger partial charge on any atom is -0.497 e. The van der Waals surface area contributed by atoms with Crippen molar-refractivity contribution in [3.8, 4) is 5.75 Å². The summed E-state index contributed by atoms with van der Waals surface area (Å²) >= 11 is 0. The predicted octanol–water partition coefficient (Wildman–Crippen LogP) is 2.07. The first-order chi connectivity index (χ1) is 12.9. The summed E-state index contributed by atoms with van der Waals surface area (Å²) in [4.78, 5) is 47.2. The van der Waals surface area contributed by atoms with Gasteiger partial charge < -0.3 is 10.1 Å². The highest BCUT2D eigenvalue weighted by atomic mass is 16.5. The van der Waals surface area contributed by atoms with Crippen LogP contribution in [0.5, 0.6) is 5.75 Å². The van der Waals surface area contributed by atoms with Crippen LogP contribution in [-0.4, -0.2) is 40.7 Å². The fourth-order valence-corrected chi connectivity index (χ4v) is 3.03. The highest BCUT2D eigenvalue weighted by Gasteiger charge is 2.43. The molecule has 0 spiro atoms. The largest absolute Gasteiger partial charge is 0.497 e. The number of amides is 2. The maximum absolute atomic E-state index is 12.9. The van der Waals surface area contributed by atoms with Gasteiger partial charge in [-0.05, 0) is 30.5 Å². The lowest BCUT2D eigenvalue weighted by atomic mass is 10.0. The maximum atomic E-state index is 12.9. The molecule has 2 heterocycles. The molecule has 140 valence electrons. The fraction of sp³-hybridized carbons (Fsp3) is 0.316. The number of aromatic nitrogens is 2. The Labute approximate surface area is 156 Å². The summed E-state index contributed by atoms with van der Waals surface area (Å²) in [6.07, 6.45) is 4.75. The SMILES string of the molecule is COc1ccc2c(c1)C(=O)C(=O)N2C(CC(C)C)C(=O)Nc1cnccn1. The highest BCUT2D eigenvalue weighted by Crippen LogP contribution is 2.35. The van der Waals surface area contributed by atoms with Gasteiger partial charge in [-0.25, -0.2) is 4.98 Å². The van der Waals surface area contributed by atoms with Gasteiger partial charge in [-0.15, -0.1) is 0 Å². The third kappa shape index (κ3) is 3.64. The molecule has 1 aromatic carbocycles. The van der Waals surface area contributed by atoms with Gasteiger partial charge in [0.1, 0.15) is 11.8 Å². The third-order valence-corrected chi connectivity index (χ3v) is 4.24. The number of methoxy groups -OCH3 is 1. The summed E-state index contributed by atoms with van der Waals surface area (Å²) in [5, 5.41) is 2.67. The van der Waals surface area contributed by atoms with Crippen LogP contribution in [0.4, 0.5) is 11.5 Å². The number of fused-ring (bicyclic) bond motifs is 1. The van der Waals surface area contributed by atoms with Crippen LogP contribution in [-0.2, 0) is 9.59 Å². The maximum Gasteiger partial charge on any atom is 0.300 e. The Morgan fingerprint density at radius 3 is 2.67 bits per heavy atom. The second-order valence-corrected chi connectivity index (χ2v) is 6.61. The number of rotatable bonds is 6. The highest BCUT2D eigenvalue weighted by molar-refractivity contribution is 6.53. The van der Waals surface area contributed by atoms with Crippen LogP contribution < -0.4 is 15.0 Å². The molecule has 3 rings (SSSR count). The summed E-state index contributed by atoms with van der Waals surface area (Å²) in [5.41, 5.74) is 0.645. The van der Waals surface area contributed by atoms with E-state index in [2.05, 4.69) is 15.3 Å². The molecular weight excluding hydrogens is 348 g/mol. The van der Waals surface area contributed by atoms with E-state index in [0.29, 0.717) is 17.9 Å². The number of carbonyl (C=O) groups is 3. The summed E-state index contributed by atoms with van der Waals surface area (Å²) < 4.78 is 5.13. The van der Waals surface area contributed by atoms with Crippen LogP contribution in [0.1, 0.15) is 30.6 Å². The van der Waals surface area contributed by atoms with Gasteiger partial charge in [0.2, 0.25) is 5.91 Å². The molecule has 2 aromatic rings. The number of ketones is 1. The average molecular weight is 368 g/mol. The molecule has 2 amide bonds. The first-order valence-corrected chi connectivity index (χ1v) is 8.55. The predicted molar refractivity (Wildman–Crippen MR) is 98.7 cm³/mol. The van der Waals surface area contributed by atoms with Crippen LogP contribution in [0.2, 0.25) is 0 Å². The fourth-order valence-electron chi connectivity index (χ4n) is 3.03. The van der Waals surface area contributed by atoms with E-state index in [1.807, 2.05) is 13.8 Å². The van der Waals surface area contributed by atoms with Gasteiger partial charge in [0.15, 0.2) is 5.82 Å². The van der Waals surface area contributed by atoms with E-state index in [1.54, 1.807) is 12.1 Å². The van der Waals surface area contributed by atoms with Crippen LogP contribution >= 0.6 is 0 Å². The lowest BCUT2D eigenvalue weighted by Crippen LogP contribution is -2.47. The van der Waals surface area contributed by atoms with E-state index in [-0.39, 0.29) is 17.3 Å². The molecule has 0 bridgehead atoms. The monoisotopic (exact) mass is 368 g/mol. The van der Waals surface area contributed by atoms with Gasteiger partial charge in [-0.3, -0.25) is 24.3 Å². The zero-order valence-corrected chi connectivity index (χ0v) is 15.3. The number of benzene rings is 1. The van der Waals surface area contributed by atoms with Crippen molar-refractivity contribution in [1.82, 2.24) is 9.97 Å². The summed E-state index contributed by atoms with van der Waals surface area (Å²) in [7, 11) is 1.48. The minimum absolute atomic E-state index is 0.118. The molecule has 1 atom stereocenters. The Morgan fingerprint density at radius 2 is 2.04 bits per heavy atom. The second kappa shape index (κ2) is 7.53. The van der Waals surface area contributed by atoms with Crippen LogP contribution in [0.15, 0.2) is 36.8 Å². The second-order valence-electron chi connectivity index (χ2n) is 6.61. The van der Waals surface area contributed by atoms with Crippen LogP contribution in [0.25, 0.3) is 0 Å². The number of carbonyl (C=O) groups excluding carboxylic acids is 3. The topological polar surface area (TPSA) is 101 Å². The van der Waals surface area contributed by atoms with Gasteiger partial charge >= 0.3 is 0 Å². The number of hydrogen-bond donors (Lipinski definition) is 1. The number of nitrogens with zero attached hydrogens (tertiary/aromatic N) is 3. The lowest BCUT2D eigenvalue weighted by molar-refractivity contribution is -0.121. The van der Waals surface area contributed by atoms with Gasteiger partial charge in [0.25, 0.3) is 11.7 Å². The molecule has 8 heteroatoms. The first kappa shape index (κ1) is 18.5. The van der Waals surface area contributed by atoms with Gasteiger partial charge in [0.05, 0.1) is 24.6 Å². The molecule has 1 aromatic heterocycles. The quantitative estimate of drug-likeness (QED) is 0.783. The molecule has 8 nitrogen and oxygen atoms in total. The zero-order valence-electron chi connectivity index (χ0n) is 15.3. The molecule has 0 radical (unpaired) electrons. The van der Waals surface area contributed by atoms with Crippen LogP contribution in [0, 0.1) is 5.92 Å². The molecule has 1 N–H and O–H groups in total. The van der Waals surface area contributed by atoms with E-state index in [4.69, 9.17) is 4.74 Å². The molecule has 27 heavy (non-hydrogen) atoms. The minimum atomic E-state index is -0.849. The smallest absolute Gasteiger partial charge is 0.300 e. The standard InChI is InChI=1S/C19H20N4O4/c1-11(2)8-15(18(25)22-16-10-20-6-7-21-16)23-14-5-4-12(27-3)9-13(14)17(24)19(23)26/h4-7,9-11,15H,8H2,1-3H3,(H,21,22,25). The number of hydrogen-bond acceptors (Lipinski definition) is 6. The van der Waals surface area contributed by atoms with Gasteiger partial charge in [-0.2, -0.15) is 0 Å². The molecule has 0 fully saturated rings. The van der Waals surface area contributed by atoms with Crippen molar-refractivity contribution in [3.05, 3.63) is 42.4 Å². The van der Waals surface area contributed by atoms with E-state index >= 15 is 0 Å². The van der Waals surface area contributed by atoms with Crippen molar-refractivity contribution in [3.63, 3.8) is 0 Å².